The zero-order chi connectivity index (χ0) is 17.6. The molecule has 2 heterocycles. The zero-order valence-corrected chi connectivity index (χ0v) is 13.8. The number of esters is 1. The molecular formula is C19H13ClFNO3. The second-order valence-corrected chi connectivity index (χ2v) is 6.39. The Kier molecular flexibility index (Phi) is 3.81. The van der Waals surface area contributed by atoms with Gasteiger partial charge in [0.15, 0.2) is 0 Å². The topological polar surface area (TPSA) is 46.6 Å². The normalized spacial score (nSPS) is 19.9. The molecule has 1 atom stereocenters. The van der Waals surface area contributed by atoms with Crippen LogP contribution in [0.5, 0.6) is 0 Å². The van der Waals surface area contributed by atoms with Gasteiger partial charge in [-0.2, -0.15) is 0 Å². The molecule has 1 amide bonds. The Bertz CT molecular complexity index is 907. The highest BCUT2D eigenvalue weighted by Crippen LogP contribution is 2.42. The molecule has 6 heteroatoms. The molecular weight excluding hydrogens is 345 g/mol. The maximum Gasteiger partial charge on any atom is 0.336 e. The van der Waals surface area contributed by atoms with Gasteiger partial charge in [0, 0.05) is 17.4 Å². The molecule has 4 nitrogen and oxygen atoms in total. The van der Waals surface area contributed by atoms with Gasteiger partial charge in [0.2, 0.25) is 5.91 Å². The predicted octanol–water partition coefficient (Wildman–Crippen LogP) is 3.81. The Morgan fingerprint density at radius 2 is 1.88 bits per heavy atom. The van der Waals surface area contributed by atoms with Crippen molar-refractivity contribution < 1.29 is 18.7 Å². The summed E-state index contributed by atoms with van der Waals surface area (Å²) in [5.41, 5.74) is 2.14. The number of amides is 1. The number of cyclic esters (lactones) is 1. The van der Waals surface area contributed by atoms with E-state index in [0.29, 0.717) is 22.0 Å². The molecule has 0 bridgehead atoms. The maximum absolute atomic E-state index is 13.6. The average molecular weight is 358 g/mol. The molecule has 0 aromatic heterocycles. The quantitative estimate of drug-likeness (QED) is 0.768. The Morgan fingerprint density at radius 3 is 2.60 bits per heavy atom. The lowest BCUT2D eigenvalue weighted by atomic mass is 9.84. The van der Waals surface area contributed by atoms with E-state index < -0.39 is 11.8 Å². The van der Waals surface area contributed by atoms with Crippen molar-refractivity contribution in [2.75, 3.05) is 11.5 Å². The van der Waals surface area contributed by atoms with Gasteiger partial charge >= 0.3 is 5.97 Å². The fourth-order valence-corrected chi connectivity index (χ4v) is 3.47. The van der Waals surface area contributed by atoms with Crippen LogP contribution in [0.15, 0.2) is 59.8 Å². The first-order valence-corrected chi connectivity index (χ1v) is 8.16. The lowest BCUT2D eigenvalue weighted by molar-refractivity contribution is -0.136. The summed E-state index contributed by atoms with van der Waals surface area (Å²) in [7, 11) is 0. The highest BCUT2D eigenvalue weighted by Gasteiger charge is 2.42. The van der Waals surface area contributed by atoms with E-state index in [1.165, 1.54) is 23.1 Å². The highest BCUT2D eigenvalue weighted by atomic mass is 35.5. The number of benzene rings is 2. The van der Waals surface area contributed by atoms with Crippen LogP contribution in [0.1, 0.15) is 17.9 Å². The van der Waals surface area contributed by atoms with Crippen LogP contribution in [0.2, 0.25) is 5.02 Å². The first kappa shape index (κ1) is 15.8. The number of hydrogen-bond acceptors (Lipinski definition) is 3. The van der Waals surface area contributed by atoms with E-state index in [-0.39, 0.29) is 24.9 Å². The van der Waals surface area contributed by atoms with E-state index in [1.807, 2.05) is 0 Å². The molecule has 0 saturated carbocycles. The average Bonchev–Trinajstić information content (AvgIpc) is 2.96. The molecule has 0 fully saturated rings. The van der Waals surface area contributed by atoms with Gasteiger partial charge in [-0.25, -0.2) is 9.18 Å². The number of halogens is 2. The minimum atomic E-state index is -0.447. The molecule has 0 unspecified atom stereocenters. The number of hydrogen-bond donors (Lipinski definition) is 0. The largest absolute Gasteiger partial charge is 0.456 e. The van der Waals surface area contributed by atoms with Gasteiger partial charge in [0.25, 0.3) is 0 Å². The molecule has 126 valence electrons. The van der Waals surface area contributed by atoms with Crippen molar-refractivity contribution in [3.05, 3.63) is 76.2 Å². The standard InChI is InChI=1S/C19H13ClFNO3/c20-12-6-4-11(5-7-12)15-9-17(23)22(14-3-1-2-13(21)8-14)16-10-25-19(24)18(15)16/h1-8,15H,9-10H2/t15-/m0/s1. The summed E-state index contributed by atoms with van der Waals surface area (Å²) in [6.07, 6.45) is 0.103. The van der Waals surface area contributed by atoms with Crippen molar-refractivity contribution in [1.29, 1.82) is 0 Å². The molecule has 2 aromatic carbocycles. The number of ether oxygens (including phenoxy) is 1. The van der Waals surface area contributed by atoms with Crippen molar-refractivity contribution in [3.8, 4) is 0 Å². The summed E-state index contributed by atoms with van der Waals surface area (Å²) >= 11 is 5.92. The summed E-state index contributed by atoms with van der Waals surface area (Å²) in [4.78, 5) is 26.5. The lowest BCUT2D eigenvalue weighted by Crippen LogP contribution is -2.37. The van der Waals surface area contributed by atoms with Crippen LogP contribution in [0, 0.1) is 5.82 Å². The lowest BCUT2D eigenvalue weighted by Gasteiger charge is -2.31. The minimum Gasteiger partial charge on any atom is -0.456 e. The molecule has 2 aliphatic heterocycles. The van der Waals surface area contributed by atoms with Gasteiger partial charge in [-0.15, -0.1) is 0 Å². The number of nitrogens with zero attached hydrogens (tertiary/aromatic N) is 1. The van der Waals surface area contributed by atoms with Crippen LogP contribution in [0.3, 0.4) is 0 Å². The van der Waals surface area contributed by atoms with Crippen molar-refractivity contribution in [2.45, 2.75) is 12.3 Å². The minimum absolute atomic E-state index is 0.000506. The Morgan fingerprint density at radius 1 is 1.12 bits per heavy atom. The molecule has 0 N–H and O–H groups in total. The van der Waals surface area contributed by atoms with Crippen LogP contribution in [0.4, 0.5) is 10.1 Å². The van der Waals surface area contributed by atoms with Gasteiger partial charge in [0.1, 0.15) is 12.4 Å². The third-order valence-corrected chi connectivity index (χ3v) is 4.71. The van der Waals surface area contributed by atoms with Gasteiger partial charge < -0.3 is 4.74 Å². The van der Waals surface area contributed by atoms with Crippen LogP contribution < -0.4 is 4.90 Å². The third-order valence-electron chi connectivity index (χ3n) is 4.46. The van der Waals surface area contributed by atoms with Crippen LogP contribution in [-0.2, 0) is 14.3 Å². The molecule has 0 radical (unpaired) electrons. The second-order valence-electron chi connectivity index (χ2n) is 5.95. The smallest absolute Gasteiger partial charge is 0.336 e. The summed E-state index contributed by atoms with van der Waals surface area (Å²) in [5.74, 6) is -1.48. The summed E-state index contributed by atoms with van der Waals surface area (Å²) in [5, 5.41) is 0.579. The number of carbonyl (C=O) groups is 2. The zero-order valence-electron chi connectivity index (χ0n) is 13.0. The van der Waals surface area contributed by atoms with E-state index in [2.05, 4.69) is 0 Å². The van der Waals surface area contributed by atoms with Crippen LogP contribution >= 0.6 is 11.6 Å². The van der Waals surface area contributed by atoms with Gasteiger partial charge in [0.05, 0.1) is 17.0 Å². The Balaban J connectivity index is 1.83. The van der Waals surface area contributed by atoms with Crippen molar-refractivity contribution in [1.82, 2.24) is 0 Å². The summed E-state index contributed by atoms with van der Waals surface area (Å²) < 4.78 is 18.8. The second kappa shape index (κ2) is 6.01. The predicted molar refractivity (Wildman–Crippen MR) is 90.7 cm³/mol. The van der Waals surface area contributed by atoms with E-state index in [1.54, 1.807) is 30.3 Å². The van der Waals surface area contributed by atoms with E-state index in [0.717, 1.165) is 5.56 Å². The van der Waals surface area contributed by atoms with Gasteiger partial charge in [-0.3, -0.25) is 9.69 Å². The number of rotatable bonds is 2. The summed E-state index contributed by atoms with van der Waals surface area (Å²) in [6, 6.07) is 12.8. The van der Waals surface area contributed by atoms with E-state index >= 15 is 0 Å². The Hall–Kier alpha value is -2.66. The van der Waals surface area contributed by atoms with E-state index in [4.69, 9.17) is 16.3 Å². The van der Waals surface area contributed by atoms with Gasteiger partial charge in [-0.1, -0.05) is 29.8 Å². The SMILES string of the molecule is O=C1OCC2=C1[C@H](c1ccc(Cl)cc1)CC(=O)N2c1cccc(F)c1. The maximum atomic E-state index is 13.6. The highest BCUT2D eigenvalue weighted by molar-refractivity contribution is 6.30. The third kappa shape index (κ3) is 2.70. The molecule has 0 saturated heterocycles. The van der Waals surface area contributed by atoms with Gasteiger partial charge in [-0.05, 0) is 35.9 Å². The number of carbonyl (C=O) groups excluding carboxylic acids is 2. The molecule has 25 heavy (non-hydrogen) atoms. The first-order chi connectivity index (χ1) is 12.0. The first-order valence-electron chi connectivity index (χ1n) is 7.79. The fraction of sp³-hybridized carbons (Fsp3) is 0.158. The Labute approximate surface area is 148 Å². The fourth-order valence-electron chi connectivity index (χ4n) is 3.35. The molecule has 2 aromatic rings. The number of anilines is 1. The van der Waals surface area contributed by atoms with Crippen molar-refractivity contribution >= 4 is 29.2 Å². The molecule has 4 rings (SSSR count). The monoisotopic (exact) mass is 357 g/mol. The molecule has 0 spiro atoms. The summed E-state index contributed by atoms with van der Waals surface area (Å²) in [6.45, 7) is 0.000506. The molecule has 0 aliphatic carbocycles. The van der Waals surface area contributed by atoms with Crippen LogP contribution in [0.25, 0.3) is 0 Å². The molecule has 2 aliphatic rings. The van der Waals surface area contributed by atoms with Crippen molar-refractivity contribution in [2.24, 2.45) is 0 Å². The van der Waals surface area contributed by atoms with E-state index in [9.17, 15) is 14.0 Å². The van der Waals surface area contributed by atoms with Crippen LogP contribution in [-0.4, -0.2) is 18.5 Å². The van der Waals surface area contributed by atoms with Crippen molar-refractivity contribution in [3.63, 3.8) is 0 Å².